The zero-order valence-electron chi connectivity index (χ0n) is 11.6. The summed E-state index contributed by atoms with van der Waals surface area (Å²) in [6, 6.07) is 8.22. The van der Waals surface area contributed by atoms with Crippen LogP contribution in [0.25, 0.3) is 0 Å². The number of nitrogens with one attached hydrogen (secondary N) is 2. The number of rotatable bonds is 3. The average Bonchev–Trinajstić information content (AvgIpc) is 2.48. The van der Waals surface area contributed by atoms with Crippen molar-refractivity contribution in [3.63, 3.8) is 0 Å². The van der Waals surface area contributed by atoms with E-state index in [0.29, 0.717) is 6.04 Å². The van der Waals surface area contributed by atoms with Gasteiger partial charge in [-0.3, -0.25) is 9.78 Å². The molecule has 2 heterocycles. The van der Waals surface area contributed by atoms with E-state index in [0.717, 1.165) is 25.0 Å². The molecule has 4 nitrogen and oxygen atoms in total. The van der Waals surface area contributed by atoms with Gasteiger partial charge in [0.15, 0.2) is 0 Å². The second kappa shape index (κ2) is 5.59. The molecule has 0 saturated carbocycles. The summed E-state index contributed by atoms with van der Waals surface area (Å²) in [5.41, 5.74) is 3.54. The first-order valence-electron chi connectivity index (χ1n) is 7.12. The van der Waals surface area contributed by atoms with Gasteiger partial charge in [-0.15, -0.1) is 0 Å². The summed E-state index contributed by atoms with van der Waals surface area (Å²) in [4.78, 5) is 18.4. The zero-order chi connectivity index (χ0) is 13.9. The van der Waals surface area contributed by atoms with Crippen LogP contribution in [0.1, 0.15) is 48.7 Å². The molecule has 0 fully saturated rings. The van der Waals surface area contributed by atoms with Crippen molar-refractivity contribution in [2.24, 2.45) is 0 Å². The van der Waals surface area contributed by atoms with E-state index in [1.807, 2.05) is 30.6 Å². The maximum atomic E-state index is 11.4. The summed E-state index contributed by atoms with van der Waals surface area (Å²) < 4.78 is 0. The Labute approximate surface area is 118 Å². The molecule has 0 aromatic carbocycles. The van der Waals surface area contributed by atoms with Gasteiger partial charge in [0.2, 0.25) is 5.56 Å². The average molecular weight is 269 g/mol. The van der Waals surface area contributed by atoms with Gasteiger partial charge in [0.1, 0.15) is 0 Å². The molecule has 0 spiro atoms. The Balaban J connectivity index is 1.81. The normalized spacial score (nSPS) is 19.4. The van der Waals surface area contributed by atoms with E-state index in [2.05, 4.69) is 22.2 Å². The second-order valence-electron chi connectivity index (χ2n) is 5.37. The highest BCUT2D eigenvalue weighted by molar-refractivity contribution is 5.27. The van der Waals surface area contributed by atoms with Crippen molar-refractivity contribution < 1.29 is 0 Å². The van der Waals surface area contributed by atoms with Crippen molar-refractivity contribution in [1.29, 1.82) is 0 Å². The fraction of sp³-hybridized carbons (Fsp3) is 0.375. The van der Waals surface area contributed by atoms with Gasteiger partial charge in [0, 0.05) is 36.2 Å². The lowest BCUT2D eigenvalue weighted by atomic mass is 9.90. The molecule has 1 aliphatic carbocycles. The maximum absolute atomic E-state index is 11.4. The Kier molecular flexibility index (Phi) is 3.65. The maximum Gasteiger partial charge on any atom is 0.248 e. The number of pyridine rings is 2. The molecule has 2 N–H and O–H groups in total. The number of hydrogen-bond donors (Lipinski definition) is 2. The smallest absolute Gasteiger partial charge is 0.248 e. The van der Waals surface area contributed by atoms with Crippen molar-refractivity contribution >= 4 is 0 Å². The molecule has 0 saturated heterocycles. The van der Waals surface area contributed by atoms with Gasteiger partial charge >= 0.3 is 0 Å². The summed E-state index contributed by atoms with van der Waals surface area (Å²) >= 11 is 0. The van der Waals surface area contributed by atoms with Gasteiger partial charge in [-0.05, 0) is 49.4 Å². The SMILES string of the molecule is C[C@H](NC1CCCc2[nH]c(=O)ccc21)c1ccncc1. The van der Waals surface area contributed by atoms with Crippen LogP contribution in [0.15, 0.2) is 41.5 Å². The van der Waals surface area contributed by atoms with Gasteiger partial charge in [0.25, 0.3) is 0 Å². The first-order chi connectivity index (χ1) is 9.74. The summed E-state index contributed by atoms with van der Waals surface area (Å²) in [7, 11) is 0. The Hall–Kier alpha value is -1.94. The summed E-state index contributed by atoms with van der Waals surface area (Å²) in [5.74, 6) is 0. The van der Waals surface area contributed by atoms with E-state index in [-0.39, 0.29) is 11.6 Å². The van der Waals surface area contributed by atoms with Crippen LogP contribution in [0.5, 0.6) is 0 Å². The molecular weight excluding hydrogens is 250 g/mol. The number of nitrogens with zero attached hydrogens (tertiary/aromatic N) is 1. The highest BCUT2D eigenvalue weighted by Gasteiger charge is 2.22. The van der Waals surface area contributed by atoms with Gasteiger partial charge in [-0.25, -0.2) is 0 Å². The van der Waals surface area contributed by atoms with Crippen LogP contribution >= 0.6 is 0 Å². The Morgan fingerprint density at radius 2 is 2.10 bits per heavy atom. The standard InChI is InChI=1S/C16H19N3O/c1-11(12-7-9-17-10-8-12)18-14-3-2-4-15-13(14)5-6-16(20)19-15/h5-11,14,18H,2-4H2,1H3,(H,19,20)/t11-,14?/m0/s1. The number of fused-ring (bicyclic) bond motifs is 1. The quantitative estimate of drug-likeness (QED) is 0.900. The minimum Gasteiger partial charge on any atom is -0.326 e. The zero-order valence-corrected chi connectivity index (χ0v) is 11.6. The third kappa shape index (κ3) is 2.65. The molecular formula is C16H19N3O. The molecule has 0 radical (unpaired) electrons. The van der Waals surface area contributed by atoms with Crippen molar-refractivity contribution in [3.05, 3.63) is 63.8 Å². The number of hydrogen-bond acceptors (Lipinski definition) is 3. The number of aromatic amines is 1. The summed E-state index contributed by atoms with van der Waals surface area (Å²) in [6.07, 6.45) is 6.81. The van der Waals surface area contributed by atoms with Crippen LogP contribution in [-0.2, 0) is 6.42 Å². The molecule has 2 aromatic heterocycles. The van der Waals surface area contributed by atoms with E-state index < -0.39 is 0 Å². The van der Waals surface area contributed by atoms with E-state index in [1.165, 1.54) is 11.1 Å². The van der Waals surface area contributed by atoms with Crippen LogP contribution in [0.3, 0.4) is 0 Å². The predicted molar refractivity (Wildman–Crippen MR) is 78.5 cm³/mol. The third-order valence-electron chi connectivity index (χ3n) is 3.99. The van der Waals surface area contributed by atoms with E-state index in [1.54, 1.807) is 6.07 Å². The minimum absolute atomic E-state index is 0.00779. The van der Waals surface area contributed by atoms with Crippen LogP contribution in [-0.4, -0.2) is 9.97 Å². The predicted octanol–water partition coefficient (Wildman–Crippen LogP) is 2.50. The van der Waals surface area contributed by atoms with Crippen LogP contribution in [0.4, 0.5) is 0 Å². The topological polar surface area (TPSA) is 57.8 Å². The fourth-order valence-electron chi connectivity index (χ4n) is 2.92. The Morgan fingerprint density at radius 3 is 2.90 bits per heavy atom. The van der Waals surface area contributed by atoms with Crippen molar-refractivity contribution in [3.8, 4) is 0 Å². The van der Waals surface area contributed by atoms with Crippen LogP contribution < -0.4 is 10.9 Å². The molecule has 2 atom stereocenters. The molecule has 0 amide bonds. The van der Waals surface area contributed by atoms with Gasteiger partial charge in [-0.2, -0.15) is 0 Å². The molecule has 1 aliphatic rings. The van der Waals surface area contributed by atoms with Crippen LogP contribution in [0, 0.1) is 0 Å². The second-order valence-corrected chi connectivity index (χ2v) is 5.37. The van der Waals surface area contributed by atoms with Crippen LogP contribution in [0.2, 0.25) is 0 Å². The van der Waals surface area contributed by atoms with Crippen molar-refractivity contribution in [2.75, 3.05) is 0 Å². The third-order valence-corrected chi connectivity index (χ3v) is 3.99. The first-order valence-corrected chi connectivity index (χ1v) is 7.12. The fourth-order valence-corrected chi connectivity index (χ4v) is 2.92. The minimum atomic E-state index is -0.00779. The molecule has 0 bridgehead atoms. The largest absolute Gasteiger partial charge is 0.326 e. The molecule has 1 unspecified atom stereocenters. The van der Waals surface area contributed by atoms with E-state index in [9.17, 15) is 4.79 Å². The molecule has 3 rings (SSSR count). The Bertz CT molecular complexity index is 636. The number of H-pyrrole nitrogens is 1. The van der Waals surface area contributed by atoms with E-state index >= 15 is 0 Å². The lowest BCUT2D eigenvalue weighted by Gasteiger charge is -2.29. The first kappa shape index (κ1) is 13.1. The van der Waals surface area contributed by atoms with Crippen molar-refractivity contribution in [1.82, 2.24) is 15.3 Å². The molecule has 0 aliphatic heterocycles. The van der Waals surface area contributed by atoms with Gasteiger partial charge < -0.3 is 10.3 Å². The lowest BCUT2D eigenvalue weighted by Crippen LogP contribution is -2.29. The van der Waals surface area contributed by atoms with E-state index in [4.69, 9.17) is 0 Å². The molecule has 4 heteroatoms. The molecule has 104 valence electrons. The molecule has 20 heavy (non-hydrogen) atoms. The van der Waals surface area contributed by atoms with Gasteiger partial charge in [-0.1, -0.05) is 6.07 Å². The highest BCUT2D eigenvalue weighted by Crippen LogP contribution is 2.29. The lowest BCUT2D eigenvalue weighted by molar-refractivity contribution is 0.411. The Morgan fingerprint density at radius 1 is 1.30 bits per heavy atom. The number of aryl methyl sites for hydroxylation is 1. The number of aromatic nitrogens is 2. The van der Waals surface area contributed by atoms with Gasteiger partial charge in [0.05, 0.1) is 0 Å². The highest BCUT2D eigenvalue weighted by atomic mass is 16.1. The molecule has 2 aromatic rings. The monoisotopic (exact) mass is 269 g/mol. The summed E-state index contributed by atoms with van der Waals surface area (Å²) in [6.45, 7) is 2.16. The summed E-state index contributed by atoms with van der Waals surface area (Å²) in [5, 5.41) is 3.66. The van der Waals surface area contributed by atoms with Crippen molar-refractivity contribution in [2.45, 2.75) is 38.3 Å².